The van der Waals surface area contributed by atoms with Crippen molar-refractivity contribution in [3.8, 4) is 11.6 Å². The topological polar surface area (TPSA) is 111 Å². The van der Waals surface area contributed by atoms with Gasteiger partial charge in [-0.3, -0.25) is 9.36 Å². The standard InChI is InChI=1S/C20H23N5O4S/c1-2-28-20(27)22-11-10-21-17(26)14-30-19-24-23-18(16-9-6-12-29-16)25(19)13-15-7-4-3-5-8-15/h3-9,12H,2,10-11,13-14H2,1H3,(H,21,26)(H,22,27). The third-order valence-corrected chi connectivity index (χ3v) is 4.93. The molecule has 0 aliphatic heterocycles. The molecule has 0 aliphatic carbocycles. The van der Waals surface area contributed by atoms with Gasteiger partial charge in [0.1, 0.15) is 0 Å². The molecule has 0 fully saturated rings. The summed E-state index contributed by atoms with van der Waals surface area (Å²) >= 11 is 1.29. The summed E-state index contributed by atoms with van der Waals surface area (Å²) < 4.78 is 12.2. The summed E-state index contributed by atoms with van der Waals surface area (Å²) in [5, 5.41) is 14.4. The van der Waals surface area contributed by atoms with Gasteiger partial charge < -0.3 is 19.8 Å². The zero-order valence-electron chi connectivity index (χ0n) is 16.5. The second-order valence-electron chi connectivity index (χ2n) is 6.14. The molecular weight excluding hydrogens is 406 g/mol. The maximum absolute atomic E-state index is 12.1. The van der Waals surface area contributed by atoms with Gasteiger partial charge in [0.15, 0.2) is 10.9 Å². The summed E-state index contributed by atoms with van der Waals surface area (Å²) in [5.41, 5.74) is 1.08. The van der Waals surface area contributed by atoms with Crippen LogP contribution in [-0.2, 0) is 16.1 Å². The molecule has 2 aromatic heterocycles. The number of carbonyl (C=O) groups excluding carboxylic acids is 2. The number of nitrogens with one attached hydrogen (secondary N) is 2. The maximum atomic E-state index is 12.1. The number of ether oxygens (including phenoxy) is 1. The number of hydrogen-bond donors (Lipinski definition) is 2. The molecule has 1 aromatic carbocycles. The fourth-order valence-electron chi connectivity index (χ4n) is 2.62. The number of carbonyl (C=O) groups is 2. The van der Waals surface area contributed by atoms with E-state index in [4.69, 9.17) is 9.15 Å². The third-order valence-electron chi connectivity index (χ3n) is 3.97. The summed E-state index contributed by atoms with van der Waals surface area (Å²) in [5.74, 6) is 1.22. The molecular formula is C20H23N5O4S. The fourth-order valence-corrected chi connectivity index (χ4v) is 3.39. The van der Waals surface area contributed by atoms with Crippen LogP contribution in [0.15, 0.2) is 58.3 Å². The summed E-state index contributed by atoms with van der Waals surface area (Å²) in [6, 6.07) is 13.5. The monoisotopic (exact) mass is 429 g/mol. The summed E-state index contributed by atoms with van der Waals surface area (Å²) in [6.45, 7) is 3.19. The first-order chi connectivity index (χ1) is 14.7. The fraction of sp³-hybridized carbons (Fsp3) is 0.300. The second kappa shape index (κ2) is 11.1. The lowest BCUT2D eigenvalue weighted by molar-refractivity contribution is -0.118. The molecule has 3 aromatic rings. The molecule has 0 radical (unpaired) electrons. The quantitative estimate of drug-likeness (QED) is 0.376. The van der Waals surface area contributed by atoms with E-state index in [0.29, 0.717) is 43.0 Å². The zero-order chi connectivity index (χ0) is 21.2. The van der Waals surface area contributed by atoms with E-state index in [2.05, 4.69) is 20.8 Å². The van der Waals surface area contributed by atoms with E-state index < -0.39 is 6.09 Å². The molecule has 0 saturated carbocycles. The Labute approximate surface area is 178 Å². The minimum atomic E-state index is -0.499. The number of rotatable bonds is 10. The Hall–Kier alpha value is -3.27. The minimum Gasteiger partial charge on any atom is -0.461 e. The summed E-state index contributed by atoms with van der Waals surface area (Å²) in [4.78, 5) is 23.3. The van der Waals surface area contributed by atoms with E-state index >= 15 is 0 Å². The van der Waals surface area contributed by atoms with Crippen LogP contribution in [0.25, 0.3) is 11.6 Å². The molecule has 10 heteroatoms. The second-order valence-corrected chi connectivity index (χ2v) is 7.08. The van der Waals surface area contributed by atoms with Gasteiger partial charge in [-0.15, -0.1) is 10.2 Å². The SMILES string of the molecule is CCOC(=O)NCCNC(=O)CSc1nnc(-c2ccco2)n1Cc1ccccc1. The van der Waals surface area contributed by atoms with Crippen molar-refractivity contribution < 1.29 is 18.7 Å². The Bertz CT molecular complexity index is 944. The molecule has 0 atom stereocenters. The number of alkyl carbamates (subject to hydrolysis) is 1. The van der Waals surface area contributed by atoms with E-state index in [1.165, 1.54) is 11.8 Å². The average molecular weight is 430 g/mol. The Morgan fingerprint density at radius 2 is 1.90 bits per heavy atom. The molecule has 9 nitrogen and oxygen atoms in total. The predicted octanol–water partition coefficient (Wildman–Crippen LogP) is 2.54. The number of thioether (sulfide) groups is 1. The molecule has 2 N–H and O–H groups in total. The highest BCUT2D eigenvalue weighted by molar-refractivity contribution is 7.99. The van der Waals surface area contributed by atoms with Crippen molar-refractivity contribution in [1.82, 2.24) is 25.4 Å². The first kappa shape index (κ1) is 21.4. The Kier molecular flexibility index (Phi) is 7.90. The highest BCUT2D eigenvalue weighted by Crippen LogP contribution is 2.25. The van der Waals surface area contributed by atoms with Crippen molar-refractivity contribution in [2.75, 3.05) is 25.4 Å². The maximum Gasteiger partial charge on any atom is 0.407 e. The number of nitrogens with zero attached hydrogens (tertiary/aromatic N) is 3. The van der Waals surface area contributed by atoms with Gasteiger partial charge >= 0.3 is 6.09 Å². The van der Waals surface area contributed by atoms with Crippen LogP contribution in [0.3, 0.4) is 0 Å². The van der Waals surface area contributed by atoms with Gasteiger partial charge in [-0.25, -0.2) is 4.79 Å². The molecule has 158 valence electrons. The van der Waals surface area contributed by atoms with E-state index in [9.17, 15) is 9.59 Å². The largest absolute Gasteiger partial charge is 0.461 e. The highest BCUT2D eigenvalue weighted by Gasteiger charge is 2.17. The Morgan fingerprint density at radius 1 is 1.10 bits per heavy atom. The van der Waals surface area contributed by atoms with E-state index in [1.54, 1.807) is 19.3 Å². The van der Waals surface area contributed by atoms with Gasteiger partial charge in [0.25, 0.3) is 0 Å². The van der Waals surface area contributed by atoms with Crippen molar-refractivity contribution in [3.05, 3.63) is 54.3 Å². The van der Waals surface area contributed by atoms with Crippen LogP contribution in [0.1, 0.15) is 12.5 Å². The molecule has 0 aliphatic rings. The number of amides is 2. The first-order valence-corrected chi connectivity index (χ1v) is 10.5. The number of furan rings is 1. The Balaban J connectivity index is 1.59. The van der Waals surface area contributed by atoms with Crippen LogP contribution in [0, 0.1) is 0 Å². The number of hydrogen-bond acceptors (Lipinski definition) is 7. The van der Waals surface area contributed by atoms with Gasteiger partial charge in [0.2, 0.25) is 11.7 Å². The van der Waals surface area contributed by atoms with Crippen molar-refractivity contribution in [1.29, 1.82) is 0 Å². The van der Waals surface area contributed by atoms with E-state index in [0.717, 1.165) is 5.56 Å². The van der Waals surface area contributed by atoms with Crippen LogP contribution >= 0.6 is 11.8 Å². The molecule has 0 unspecified atom stereocenters. The first-order valence-electron chi connectivity index (χ1n) is 9.48. The average Bonchev–Trinajstić information content (AvgIpc) is 3.41. The third kappa shape index (κ3) is 6.11. The van der Waals surface area contributed by atoms with Crippen molar-refractivity contribution in [2.24, 2.45) is 0 Å². The van der Waals surface area contributed by atoms with Crippen molar-refractivity contribution in [3.63, 3.8) is 0 Å². The summed E-state index contributed by atoms with van der Waals surface area (Å²) in [6.07, 6.45) is 1.09. The number of benzene rings is 1. The molecule has 0 saturated heterocycles. The number of aromatic nitrogens is 3. The van der Waals surface area contributed by atoms with Gasteiger partial charge in [0, 0.05) is 13.1 Å². The van der Waals surface area contributed by atoms with E-state index in [-0.39, 0.29) is 11.7 Å². The van der Waals surface area contributed by atoms with Gasteiger partial charge in [-0.2, -0.15) is 0 Å². The lowest BCUT2D eigenvalue weighted by Crippen LogP contribution is -2.35. The Morgan fingerprint density at radius 3 is 2.63 bits per heavy atom. The van der Waals surface area contributed by atoms with E-state index in [1.807, 2.05) is 41.0 Å². The molecule has 0 spiro atoms. The molecule has 3 rings (SSSR count). The summed E-state index contributed by atoms with van der Waals surface area (Å²) in [7, 11) is 0. The van der Waals surface area contributed by atoms with Gasteiger partial charge in [-0.05, 0) is 24.6 Å². The van der Waals surface area contributed by atoms with Crippen LogP contribution in [-0.4, -0.2) is 52.2 Å². The van der Waals surface area contributed by atoms with Crippen molar-refractivity contribution >= 4 is 23.8 Å². The lowest BCUT2D eigenvalue weighted by Gasteiger charge is -2.10. The molecule has 0 bridgehead atoms. The smallest absolute Gasteiger partial charge is 0.407 e. The lowest BCUT2D eigenvalue weighted by atomic mass is 10.2. The highest BCUT2D eigenvalue weighted by atomic mass is 32.2. The predicted molar refractivity (Wildman–Crippen MR) is 112 cm³/mol. The van der Waals surface area contributed by atoms with Crippen LogP contribution in [0.5, 0.6) is 0 Å². The van der Waals surface area contributed by atoms with Gasteiger partial charge in [-0.1, -0.05) is 42.1 Å². The minimum absolute atomic E-state index is 0.167. The van der Waals surface area contributed by atoms with Crippen LogP contribution in [0.2, 0.25) is 0 Å². The molecule has 2 amide bonds. The molecule has 30 heavy (non-hydrogen) atoms. The van der Waals surface area contributed by atoms with Gasteiger partial charge in [0.05, 0.1) is 25.2 Å². The zero-order valence-corrected chi connectivity index (χ0v) is 17.4. The normalized spacial score (nSPS) is 10.6. The van der Waals surface area contributed by atoms with Crippen LogP contribution in [0.4, 0.5) is 4.79 Å². The van der Waals surface area contributed by atoms with Crippen LogP contribution < -0.4 is 10.6 Å². The molecule has 2 heterocycles. The van der Waals surface area contributed by atoms with Crippen molar-refractivity contribution in [2.45, 2.75) is 18.6 Å².